The van der Waals surface area contributed by atoms with Gasteiger partial charge in [-0.25, -0.2) is 4.79 Å². The molecule has 8 N–H and O–H groups in total. The predicted molar refractivity (Wildman–Crippen MR) is 158 cm³/mol. The van der Waals surface area contributed by atoms with Crippen LogP contribution in [0.5, 0.6) is 5.75 Å². The van der Waals surface area contributed by atoms with Crippen molar-refractivity contribution in [1.29, 1.82) is 0 Å². The molecule has 4 rings (SSSR count). The highest BCUT2D eigenvalue weighted by molar-refractivity contribution is 6.24. The molecule has 0 heterocycles. The second-order valence-corrected chi connectivity index (χ2v) is 13.4. The molecule has 0 unspecified atom stereocenters. The Morgan fingerprint density at radius 1 is 1.07 bits per heavy atom. The van der Waals surface area contributed by atoms with Gasteiger partial charge < -0.3 is 41.7 Å². The van der Waals surface area contributed by atoms with E-state index in [0.717, 1.165) is 0 Å². The molecule has 1 fully saturated rings. The standard InChI is InChI=1S/C30H41N5O8/c1-29(2,3)12-35(28(32)42)11-14-10-17(33(4)5)15-8-13-9-16-21(34(6)7)24(38)20(27(31)41)26(40)30(16,43)25(39)18(13)23(37)19(15)22(14)36/h10,13,16,21,36-37,40,43H,8-9,11-12H2,1-7H3,(H2,31,41)(H2,32,42)/t13-,16-,21-,30-/m0/s1. The molecule has 1 aromatic carbocycles. The zero-order chi connectivity index (χ0) is 32.5. The van der Waals surface area contributed by atoms with Crippen LogP contribution in [-0.4, -0.2) is 100 Å². The summed E-state index contributed by atoms with van der Waals surface area (Å²) in [7, 11) is 6.64. The molecule has 0 saturated heterocycles. The number of nitrogens with zero attached hydrogens (tertiary/aromatic N) is 3. The minimum atomic E-state index is -2.72. The third-order valence-corrected chi connectivity index (χ3v) is 8.60. The molecular weight excluding hydrogens is 558 g/mol. The summed E-state index contributed by atoms with van der Waals surface area (Å²) >= 11 is 0. The predicted octanol–water partition coefficient (Wildman–Crippen LogP) is 0.957. The maximum atomic E-state index is 14.1. The van der Waals surface area contributed by atoms with Crippen LogP contribution in [-0.2, 0) is 27.3 Å². The van der Waals surface area contributed by atoms with Crippen molar-refractivity contribution in [3.05, 3.63) is 39.7 Å². The lowest BCUT2D eigenvalue weighted by atomic mass is 9.57. The number of phenols is 1. The number of rotatable bonds is 6. The van der Waals surface area contributed by atoms with E-state index >= 15 is 0 Å². The van der Waals surface area contributed by atoms with Crippen LogP contribution in [0.25, 0.3) is 5.76 Å². The smallest absolute Gasteiger partial charge is 0.315 e. The molecule has 13 heteroatoms. The number of fused-ring (bicyclic) bond motifs is 3. The van der Waals surface area contributed by atoms with Crippen molar-refractivity contribution in [3.8, 4) is 5.75 Å². The van der Waals surface area contributed by atoms with Crippen molar-refractivity contribution >= 4 is 35.0 Å². The van der Waals surface area contributed by atoms with Gasteiger partial charge in [0.1, 0.15) is 22.8 Å². The van der Waals surface area contributed by atoms with Crippen molar-refractivity contribution in [1.82, 2.24) is 9.80 Å². The van der Waals surface area contributed by atoms with Gasteiger partial charge in [-0.1, -0.05) is 20.8 Å². The molecule has 1 aromatic rings. The van der Waals surface area contributed by atoms with E-state index in [-0.39, 0.29) is 53.8 Å². The fourth-order valence-corrected chi connectivity index (χ4v) is 6.86. The van der Waals surface area contributed by atoms with Gasteiger partial charge in [-0.05, 0) is 49.9 Å². The van der Waals surface area contributed by atoms with Crippen molar-refractivity contribution < 1.29 is 39.6 Å². The van der Waals surface area contributed by atoms with E-state index in [9.17, 15) is 39.6 Å². The van der Waals surface area contributed by atoms with Gasteiger partial charge in [0.2, 0.25) is 5.78 Å². The Balaban J connectivity index is 1.94. The number of Topliss-reactive ketones (excluding diaryl/α,β-unsaturated/α-hetero) is 2. The first-order chi connectivity index (χ1) is 19.7. The second-order valence-electron chi connectivity index (χ2n) is 13.4. The van der Waals surface area contributed by atoms with E-state index in [1.54, 1.807) is 39.2 Å². The number of carbonyl (C=O) groups excluding carboxylic acids is 4. The highest BCUT2D eigenvalue weighted by atomic mass is 16.3. The summed E-state index contributed by atoms with van der Waals surface area (Å²) in [6, 6.07) is -0.164. The molecule has 3 amide bonds. The largest absolute Gasteiger partial charge is 0.508 e. The molecule has 0 radical (unpaired) electrons. The summed E-state index contributed by atoms with van der Waals surface area (Å²) < 4.78 is 0. The molecule has 1 saturated carbocycles. The fourth-order valence-electron chi connectivity index (χ4n) is 6.86. The number of phenolic OH excluding ortho intramolecular Hbond substituents is 1. The van der Waals surface area contributed by atoms with Gasteiger partial charge in [-0.3, -0.25) is 19.3 Å². The monoisotopic (exact) mass is 599 g/mol. The first kappa shape index (κ1) is 31.8. The summed E-state index contributed by atoms with van der Waals surface area (Å²) in [5, 5.41) is 46.0. The minimum Gasteiger partial charge on any atom is -0.508 e. The van der Waals surface area contributed by atoms with Crippen molar-refractivity contribution in [2.45, 2.75) is 51.8 Å². The van der Waals surface area contributed by atoms with Crippen LogP contribution in [0.15, 0.2) is 23.0 Å². The third-order valence-electron chi connectivity index (χ3n) is 8.60. The van der Waals surface area contributed by atoms with E-state index in [0.29, 0.717) is 11.3 Å². The Hall–Kier alpha value is -4.10. The number of ketones is 2. The number of aromatic hydroxyl groups is 1. The van der Waals surface area contributed by atoms with Crippen LogP contribution in [0.2, 0.25) is 0 Å². The summed E-state index contributed by atoms with van der Waals surface area (Å²) in [5.41, 5.74) is 8.25. The average molecular weight is 600 g/mol. The molecule has 13 nitrogen and oxygen atoms in total. The maximum Gasteiger partial charge on any atom is 0.315 e. The van der Waals surface area contributed by atoms with Crippen LogP contribution in [0.3, 0.4) is 0 Å². The Labute approximate surface area is 250 Å². The van der Waals surface area contributed by atoms with Gasteiger partial charge in [0.05, 0.1) is 18.2 Å². The van der Waals surface area contributed by atoms with Crippen LogP contribution in [0, 0.1) is 17.3 Å². The molecule has 0 bridgehead atoms. The first-order valence-corrected chi connectivity index (χ1v) is 14.0. The van der Waals surface area contributed by atoms with Gasteiger partial charge in [0, 0.05) is 43.4 Å². The second kappa shape index (κ2) is 10.6. The normalized spacial score (nSPS) is 25.4. The van der Waals surface area contributed by atoms with E-state index in [1.165, 1.54) is 9.80 Å². The van der Waals surface area contributed by atoms with Crippen LogP contribution < -0.4 is 16.4 Å². The summed E-state index contributed by atoms with van der Waals surface area (Å²) in [6.45, 7) is 5.97. The van der Waals surface area contributed by atoms with Crippen molar-refractivity contribution in [2.24, 2.45) is 28.7 Å². The molecule has 0 spiro atoms. The number of primary amides is 2. The number of benzene rings is 1. The SMILES string of the molecule is CN(C)c1cc(CN(CC(C)(C)C)C(N)=O)c(O)c2c1C[C@H]1C[C@H]3[C@H](N(C)C)C(=O)C(C(N)=O)=C(O)[C@@]3(O)C(=O)C1=C2O. The number of anilines is 1. The quantitative estimate of drug-likeness (QED) is 0.255. The van der Waals surface area contributed by atoms with E-state index in [4.69, 9.17) is 11.5 Å². The highest BCUT2D eigenvalue weighted by Gasteiger charge is 2.64. The van der Waals surface area contributed by atoms with Gasteiger partial charge in [0.25, 0.3) is 5.91 Å². The Morgan fingerprint density at radius 2 is 1.67 bits per heavy atom. The van der Waals surface area contributed by atoms with Gasteiger partial charge in [-0.15, -0.1) is 0 Å². The van der Waals surface area contributed by atoms with Crippen LogP contribution in [0.4, 0.5) is 10.5 Å². The molecule has 4 atom stereocenters. The molecule has 0 aliphatic heterocycles. The molecule has 43 heavy (non-hydrogen) atoms. The zero-order valence-electron chi connectivity index (χ0n) is 25.6. The zero-order valence-corrected chi connectivity index (χ0v) is 25.6. The molecule has 234 valence electrons. The summed E-state index contributed by atoms with van der Waals surface area (Å²) in [4.78, 5) is 56.5. The van der Waals surface area contributed by atoms with Crippen molar-refractivity contribution in [3.63, 3.8) is 0 Å². The van der Waals surface area contributed by atoms with Crippen LogP contribution >= 0.6 is 0 Å². The van der Waals surface area contributed by atoms with Gasteiger partial charge >= 0.3 is 6.03 Å². The number of aliphatic hydroxyl groups is 3. The van der Waals surface area contributed by atoms with Gasteiger partial charge in [-0.2, -0.15) is 0 Å². The molecular formula is C30H41N5O8. The molecule has 3 aliphatic carbocycles. The van der Waals surface area contributed by atoms with Crippen molar-refractivity contribution in [2.75, 3.05) is 39.6 Å². The number of hydrogen-bond donors (Lipinski definition) is 6. The van der Waals surface area contributed by atoms with Gasteiger partial charge in [0.15, 0.2) is 11.4 Å². The highest BCUT2D eigenvalue weighted by Crippen LogP contribution is 2.54. The number of hydrogen-bond acceptors (Lipinski definition) is 10. The lowest BCUT2D eigenvalue weighted by Crippen LogP contribution is -2.65. The number of nitrogens with two attached hydrogens (primary N) is 2. The van der Waals surface area contributed by atoms with E-state index < -0.39 is 64.1 Å². The molecule has 3 aliphatic rings. The average Bonchev–Trinajstić information content (AvgIpc) is 2.85. The fraction of sp³-hybridized carbons (Fsp3) is 0.533. The Morgan fingerprint density at radius 3 is 2.16 bits per heavy atom. The topological polar surface area (TPSA) is 211 Å². The summed E-state index contributed by atoms with van der Waals surface area (Å²) in [5.74, 6) is -7.16. The number of likely N-dealkylation sites (N-methyl/N-ethyl adjacent to an activating group) is 1. The number of urea groups is 1. The molecule has 0 aromatic heterocycles. The minimum absolute atomic E-state index is 0.0117. The Bertz CT molecular complexity index is 1490. The number of aliphatic hydroxyl groups excluding tert-OH is 2. The van der Waals surface area contributed by atoms with E-state index in [2.05, 4.69) is 0 Å². The maximum absolute atomic E-state index is 14.1. The lowest BCUT2D eigenvalue weighted by molar-refractivity contribution is -0.153. The Kier molecular flexibility index (Phi) is 7.82. The summed E-state index contributed by atoms with van der Waals surface area (Å²) in [6.07, 6.45) is 0.138. The van der Waals surface area contributed by atoms with E-state index in [1.807, 2.05) is 20.8 Å². The number of amides is 3. The van der Waals surface area contributed by atoms with Crippen LogP contribution in [0.1, 0.15) is 43.9 Å². The first-order valence-electron chi connectivity index (χ1n) is 14.0. The lowest BCUT2D eigenvalue weighted by Gasteiger charge is -2.50. The third kappa shape index (κ3) is 4.99. The number of carbonyl (C=O) groups is 4.